The Hall–Kier alpha value is -5.43. The maximum atomic E-state index is 13.2. The Morgan fingerprint density at radius 3 is 2.20 bits per heavy atom. The molecule has 0 saturated carbocycles. The third kappa shape index (κ3) is 7.13. The number of anilines is 2. The normalized spacial score (nSPS) is 11.4. The van der Waals surface area contributed by atoms with Crippen LogP contribution in [0.1, 0.15) is 28.4 Å². The number of carbonyl (C=O) groups is 3. The number of nitrogens with one attached hydrogen (secondary N) is 1. The first-order valence-corrected chi connectivity index (χ1v) is 14.5. The molecule has 0 aromatic heterocycles. The van der Waals surface area contributed by atoms with Gasteiger partial charge in [-0.2, -0.15) is 0 Å². The van der Waals surface area contributed by atoms with Gasteiger partial charge in [-0.3, -0.25) is 9.59 Å². The Balaban J connectivity index is 1.24. The average Bonchev–Trinajstić information content (AvgIpc) is 3.06. The zero-order valence-electron chi connectivity index (χ0n) is 24.7. The van der Waals surface area contributed by atoms with Gasteiger partial charge in [0.15, 0.2) is 5.78 Å². The third-order valence-electron chi connectivity index (χ3n) is 7.41. The molecule has 1 amide bonds. The molecule has 5 aromatic carbocycles. The number of amides is 1. The molecule has 44 heavy (non-hydrogen) atoms. The van der Waals surface area contributed by atoms with Crippen LogP contribution in [0.15, 0.2) is 121 Å². The minimum atomic E-state index is -0.721. The van der Waals surface area contributed by atoms with E-state index in [9.17, 15) is 14.4 Å². The molecule has 0 aliphatic heterocycles. The van der Waals surface area contributed by atoms with E-state index in [-0.39, 0.29) is 11.7 Å². The van der Waals surface area contributed by atoms with E-state index in [2.05, 4.69) is 5.32 Å². The van der Waals surface area contributed by atoms with E-state index in [0.29, 0.717) is 42.1 Å². The number of para-hydroxylation sites is 1. The minimum Gasteiger partial charge on any atom is -0.492 e. The van der Waals surface area contributed by atoms with Crippen LogP contribution in [0, 0.1) is 0 Å². The lowest BCUT2D eigenvalue weighted by Crippen LogP contribution is -2.33. The number of fused-ring (bicyclic) bond motifs is 1. The van der Waals surface area contributed by atoms with Crippen LogP contribution in [0.2, 0.25) is 0 Å². The summed E-state index contributed by atoms with van der Waals surface area (Å²) in [6, 6.07) is 36.8. The summed E-state index contributed by atoms with van der Waals surface area (Å²) in [5, 5.41) is 5.31. The molecule has 0 spiro atoms. The Morgan fingerprint density at radius 1 is 0.773 bits per heavy atom. The molecule has 7 nitrogen and oxygen atoms in total. The zero-order chi connectivity index (χ0) is 30.9. The summed E-state index contributed by atoms with van der Waals surface area (Å²) in [6.45, 7) is 2.25. The Labute approximate surface area is 257 Å². The van der Waals surface area contributed by atoms with Gasteiger partial charge in [-0.25, -0.2) is 4.79 Å². The smallest absolute Gasteiger partial charge is 0.328 e. The number of methoxy groups -OCH3 is 1. The monoisotopic (exact) mass is 586 g/mol. The van der Waals surface area contributed by atoms with E-state index in [1.54, 1.807) is 42.2 Å². The van der Waals surface area contributed by atoms with E-state index in [1.165, 1.54) is 7.11 Å². The number of benzene rings is 5. The van der Waals surface area contributed by atoms with Gasteiger partial charge >= 0.3 is 5.97 Å². The van der Waals surface area contributed by atoms with Gasteiger partial charge in [-0.15, -0.1) is 0 Å². The first-order valence-electron chi connectivity index (χ1n) is 14.5. The first-order chi connectivity index (χ1) is 21.4. The highest BCUT2D eigenvalue weighted by atomic mass is 16.5. The molecule has 0 aliphatic carbocycles. The quantitative estimate of drug-likeness (QED) is 0.129. The maximum Gasteiger partial charge on any atom is 0.328 e. The van der Waals surface area contributed by atoms with Gasteiger partial charge in [0.1, 0.15) is 18.4 Å². The Bertz CT molecular complexity index is 1750. The van der Waals surface area contributed by atoms with E-state index in [4.69, 9.17) is 9.47 Å². The van der Waals surface area contributed by atoms with Gasteiger partial charge in [0, 0.05) is 35.5 Å². The highest BCUT2D eigenvalue weighted by Crippen LogP contribution is 2.27. The van der Waals surface area contributed by atoms with Gasteiger partial charge < -0.3 is 19.7 Å². The molecule has 0 saturated heterocycles. The van der Waals surface area contributed by atoms with Crippen molar-refractivity contribution >= 4 is 39.8 Å². The SMILES string of the molecule is COC(=O)[C@H](Cc1ccc(OCCN(C(C)=O)c2cccc3ccccc23)cc1)Nc1ccccc1C(=O)c1ccccc1. The molecule has 0 bridgehead atoms. The molecule has 222 valence electrons. The molecule has 7 heteroatoms. The van der Waals surface area contributed by atoms with E-state index in [0.717, 1.165) is 22.0 Å². The lowest BCUT2D eigenvalue weighted by atomic mass is 10.00. The summed E-state index contributed by atoms with van der Waals surface area (Å²) in [5.74, 6) is 0.0119. The summed E-state index contributed by atoms with van der Waals surface area (Å²) < 4.78 is 11.1. The van der Waals surface area contributed by atoms with Crippen LogP contribution in [-0.4, -0.2) is 44.0 Å². The number of ketones is 1. The van der Waals surface area contributed by atoms with Crippen molar-refractivity contribution in [2.45, 2.75) is 19.4 Å². The molecule has 0 fully saturated rings. The van der Waals surface area contributed by atoms with Crippen molar-refractivity contribution in [1.29, 1.82) is 0 Å². The number of hydrogen-bond donors (Lipinski definition) is 1. The number of nitrogens with zero attached hydrogens (tertiary/aromatic N) is 1. The Morgan fingerprint density at radius 2 is 1.45 bits per heavy atom. The standard InChI is InChI=1S/C37H34N2O5/c1-26(40)39(35-18-10-14-28-11-6-7-15-31(28)35)23-24-44-30-21-19-27(20-22-30)25-34(37(42)43-2)38-33-17-9-8-16-32(33)36(41)29-12-4-3-5-13-29/h3-22,34,38H,23-25H2,1-2H3/t34-/m0/s1. The Kier molecular flexibility index (Phi) is 9.67. The lowest BCUT2D eigenvalue weighted by Gasteiger charge is -2.23. The molecule has 5 rings (SSSR count). The van der Waals surface area contributed by atoms with Crippen LogP contribution in [0.5, 0.6) is 5.75 Å². The van der Waals surface area contributed by atoms with Gasteiger partial charge in [0.2, 0.25) is 5.91 Å². The van der Waals surface area contributed by atoms with Crippen molar-refractivity contribution in [3.05, 3.63) is 138 Å². The largest absolute Gasteiger partial charge is 0.492 e. The second-order valence-electron chi connectivity index (χ2n) is 10.3. The van der Waals surface area contributed by atoms with Crippen molar-refractivity contribution in [2.24, 2.45) is 0 Å². The van der Waals surface area contributed by atoms with Gasteiger partial charge in [-0.1, -0.05) is 91.0 Å². The fraction of sp³-hybridized carbons (Fsp3) is 0.162. The van der Waals surface area contributed by atoms with E-state index in [1.807, 2.05) is 91.0 Å². The molecule has 0 aliphatic rings. The van der Waals surface area contributed by atoms with Gasteiger partial charge in [0.05, 0.1) is 19.3 Å². The van der Waals surface area contributed by atoms with Crippen LogP contribution in [0.4, 0.5) is 11.4 Å². The minimum absolute atomic E-state index is 0.0614. The van der Waals surface area contributed by atoms with Gasteiger partial charge in [-0.05, 0) is 41.3 Å². The predicted octanol–water partition coefficient (Wildman–Crippen LogP) is 6.70. The number of carbonyl (C=O) groups excluding carboxylic acids is 3. The number of esters is 1. The maximum absolute atomic E-state index is 13.2. The van der Waals surface area contributed by atoms with Crippen LogP contribution >= 0.6 is 0 Å². The summed E-state index contributed by atoms with van der Waals surface area (Å²) in [5.41, 5.74) is 3.32. The average molecular weight is 587 g/mol. The van der Waals surface area contributed by atoms with Crippen LogP contribution in [0.25, 0.3) is 10.8 Å². The zero-order valence-corrected chi connectivity index (χ0v) is 24.7. The molecular weight excluding hydrogens is 552 g/mol. The molecule has 1 N–H and O–H groups in total. The molecule has 1 atom stereocenters. The molecule has 0 unspecified atom stereocenters. The van der Waals surface area contributed by atoms with Crippen LogP contribution in [-0.2, 0) is 20.7 Å². The second-order valence-corrected chi connectivity index (χ2v) is 10.3. The molecule has 5 aromatic rings. The summed E-state index contributed by atoms with van der Waals surface area (Å²) in [7, 11) is 1.34. The molecule has 0 radical (unpaired) electrons. The van der Waals surface area contributed by atoms with Crippen molar-refractivity contribution < 1.29 is 23.9 Å². The molecular formula is C37H34N2O5. The summed E-state index contributed by atoms with van der Waals surface area (Å²) in [4.78, 5) is 40.2. The number of rotatable bonds is 12. The first kappa shape index (κ1) is 30.0. The summed E-state index contributed by atoms with van der Waals surface area (Å²) >= 11 is 0. The van der Waals surface area contributed by atoms with E-state index < -0.39 is 12.0 Å². The third-order valence-corrected chi connectivity index (χ3v) is 7.41. The fourth-order valence-electron chi connectivity index (χ4n) is 5.18. The predicted molar refractivity (Wildman–Crippen MR) is 173 cm³/mol. The van der Waals surface area contributed by atoms with E-state index >= 15 is 0 Å². The topological polar surface area (TPSA) is 84.9 Å². The van der Waals surface area contributed by atoms with Crippen molar-refractivity contribution in [3.63, 3.8) is 0 Å². The number of ether oxygens (including phenoxy) is 2. The fourth-order valence-corrected chi connectivity index (χ4v) is 5.18. The molecule has 0 heterocycles. The van der Waals surface area contributed by atoms with Crippen molar-refractivity contribution in [3.8, 4) is 5.75 Å². The lowest BCUT2D eigenvalue weighted by molar-refractivity contribution is -0.141. The second kappa shape index (κ2) is 14.2. The van der Waals surface area contributed by atoms with Crippen LogP contribution < -0.4 is 15.0 Å². The van der Waals surface area contributed by atoms with Crippen molar-refractivity contribution in [2.75, 3.05) is 30.5 Å². The highest BCUT2D eigenvalue weighted by molar-refractivity contribution is 6.12. The highest BCUT2D eigenvalue weighted by Gasteiger charge is 2.23. The van der Waals surface area contributed by atoms with Crippen LogP contribution in [0.3, 0.4) is 0 Å². The number of hydrogen-bond acceptors (Lipinski definition) is 6. The van der Waals surface area contributed by atoms with Crippen molar-refractivity contribution in [1.82, 2.24) is 0 Å². The van der Waals surface area contributed by atoms with Gasteiger partial charge in [0.25, 0.3) is 0 Å². The summed E-state index contributed by atoms with van der Waals surface area (Å²) in [6.07, 6.45) is 0.333.